The van der Waals surface area contributed by atoms with Crippen molar-refractivity contribution in [3.63, 3.8) is 0 Å². The quantitative estimate of drug-likeness (QED) is 0.287. The minimum absolute atomic E-state index is 0.199. The number of fused-ring (bicyclic) bond motifs is 2. The van der Waals surface area contributed by atoms with E-state index in [1.165, 1.54) is 0 Å². The third-order valence-corrected chi connectivity index (χ3v) is 8.67. The van der Waals surface area contributed by atoms with Crippen molar-refractivity contribution in [3.8, 4) is 11.3 Å². The van der Waals surface area contributed by atoms with Gasteiger partial charge in [-0.25, -0.2) is 27.6 Å². The molecule has 1 aliphatic heterocycles. The van der Waals surface area contributed by atoms with Gasteiger partial charge in [0.05, 0.1) is 52.9 Å². The Labute approximate surface area is 239 Å². The Kier molecular flexibility index (Phi) is 7.24. The number of hydrogen-bond acceptors (Lipinski definition) is 8. The number of benzene rings is 2. The molecule has 4 heterocycles. The molecular weight excluding hydrogens is 540 g/mol. The molecule has 3 aromatic heterocycles. The molecule has 2 aromatic carbocycles. The van der Waals surface area contributed by atoms with Crippen LogP contribution >= 0.6 is 0 Å². The summed E-state index contributed by atoms with van der Waals surface area (Å²) < 4.78 is 37.9. The fourth-order valence-corrected chi connectivity index (χ4v) is 6.45. The van der Waals surface area contributed by atoms with Crippen molar-refractivity contribution in [1.29, 1.82) is 0 Å². The van der Waals surface area contributed by atoms with Crippen LogP contribution in [-0.4, -0.2) is 75.9 Å². The summed E-state index contributed by atoms with van der Waals surface area (Å²) >= 11 is 0. The summed E-state index contributed by atoms with van der Waals surface area (Å²) in [6.07, 6.45) is 3.62. The number of imidazole rings is 1. The van der Waals surface area contributed by atoms with E-state index in [1.54, 1.807) is 28.9 Å². The van der Waals surface area contributed by atoms with Gasteiger partial charge >= 0.3 is 0 Å². The van der Waals surface area contributed by atoms with E-state index in [1.807, 2.05) is 57.4 Å². The van der Waals surface area contributed by atoms with Crippen LogP contribution in [0.4, 0.5) is 11.6 Å². The highest BCUT2D eigenvalue weighted by Crippen LogP contribution is 2.26. The van der Waals surface area contributed by atoms with Gasteiger partial charge in [0.25, 0.3) is 0 Å². The summed E-state index contributed by atoms with van der Waals surface area (Å²) in [7, 11) is -3.68. The third kappa shape index (κ3) is 6.10. The van der Waals surface area contributed by atoms with Gasteiger partial charge in [-0.15, -0.1) is 5.10 Å². The van der Waals surface area contributed by atoms with Gasteiger partial charge in [-0.3, -0.25) is 4.90 Å². The SMILES string of the molecule is CC(C)(C)NS(=O)(=O)c1cccc(-c2ccc3cnc(Nc4ccc5c(c4)ncn5CCN4CCOCC4)nn23)c1. The molecule has 0 saturated carbocycles. The number of nitrogens with zero attached hydrogens (tertiary/aromatic N) is 6. The van der Waals surface area contributed by atoms with Crippen molar-refractivity contribution in [2.45, 2.75) is 37.8 Å². The summed E-state index contributed by atoms with van der Waals surface area (Å²) in [5, 5.41) is 8.00. The third-order valence-electron chi connectivity index (χ3n) is 6.92. The first kappa shape index (κ1) is 27.3. The molecular formula is C29H34N8O3S. The highest BCUT2D eigenvalue weighted by molar-refractivity contribution is 7.89. The van der Waals surface area contributed by atoms with E-state index >= 15 is 0 Å². The zero-order valence-electron chi connectivity index (χ0n) is 23.4. The van der Waals surface area contributed by atoms with Crippen LogP contribution in [0.2, 0.25) is 0 Å². The molecule has 0 spiro atoms. The molecule has 1 aliphatic rings. The maximum Gasteiger partial charge on any atom is 0.245 e. The van der Waals surface area contributed by atoms with Crippen LogP contribution in [0.1, 0.15) is 20.8 Å². The monoisotopic (exact) mass is 574 g/mol. The first-order valence-electron chi connectivity index (χ1n) is 13.7. The van der Waals surface area contributed by atoms with E-state index < -0.39 is 15.6 Å². The lowest BCUT2D eigenvalue weighted by atomic mass is 10.1. The van der Waals surface area contributed by atoms with Crippen molar-refractivity contribution < 1.29 is 13.2 Å². The number of morpholine rings is 1. The van der Waals surface area contributed by atoms with Crippen molar-refractivity contribution in [2.24, 2.45) is 0 Å². The molecule has 214 valence electrons. The smallest absolute Gasteiger partial charge is 0.245 e. The topological polar surface area (TPSA) is 119 Å². The number of sulfonamides is 1. The average molecular weight is 575 g/mol. The molecule has 1 saturated heterocycles. The van der Waals surface area contributed by atoms with E-state index in [0.29, 0.717) is 5.95 Å². The largest absolute Gasteiger partial charge is 0.379 e. The molecule has 0 aliphatic carbocycles. The number of aromatic nitrogens is 5. The Morgan fingerprint density at radius 3 is 2.61 bits per heavy atom. The number of hydrogen-bond donors (Lipinski definition) is 2. The van der Waals surface area contributed by atoms with Gasteiger partial charge in [-0.2, -0.15) is 0 Å². The number of rotatable bonds is 8. The second-order valence-electron chi connectivity index (χ2n) is 11.2. The molecule has 0 atom stereocenters. The predicted molar refractivity (Wildman–Crippen MR) is 159 cm³/mol. The minimum Gasteiger partial charge on any atom is -0.379 e. The Balaban J connectivity index is 1.22. The molecule has 5 aromatic rings. The van der Waals surface area contributed by atoms with Crippen molar-refractivity contribution in [3.05, 3.63) is 67.1 Å². The molecule has 6 rings (SSSR count). The van der Waals surface area contributed by atoms with Crippen LogP contribution in [0.3, 0.4) is 0 Å². The van der Waals surface area contributed by atoms with Crippen molar-refractivity contribution in [1.82, 2.24) is 33.8 Å². The second-order valence-corrected chi connectivity index (χ2v) is 12.9. The van der Waals surface area contributed by atoms with E-state index in [9.17, 15) is 8.42 Å². The maximum absolute atomic E-state index is 12.9. The first-order valence-corrected chi connectivity index (χ1v) is 15.1. The normalized spacial score (nSPS) is 15.1. The van der Waals surface area contributed by atoms with Gasteiger partial charge in [0, 0.05) is 43.0 Å². The molecule has 0 unspecified atom stereocenters. The van der Waals surface area contributed by atoms with Gasteiger partial charge < -0.3 is 14.6 Å². The number of ether oxygens (including phenoxy) is 1. The lowest BCUT2D eigenvalue weighted by Crippen LogP contribution is -2.40. The van der Waals surface area contributed by atoms with Crippen LogP contribution < -0.4 is 10.0 Å². The first-order chi connectivity index (χ1) is 19.6. The molecule has 2 N–H and O–H groups in total. The van der Waals surface area contributed by atoms with Crippen LogP contribution in [0.15, 0.2) is 72.0 Å². The van der Waals surface area contributed by atoms with Crippen LogP contribution in [-0.2, 0) is 21.3 Å². The van der Waals surface area contributed by atoms with Gasteiger partial charge in [0.1, 0.15) is 0 Å². The van der Waals surface area contributed by atoms with Gasteiger partial charge in [0.2, 0.25) is 16.0 Å². The number of nitrogens with one attached hydrogen (secondary N) is 2. The molecule has 11 nitrogen and oxygen atoms in total. The summed E-state index contributed by atoms with van der Waals surface area (Å²) in [5.74, 6) is 0.416. The number of anilines is 2. The highest BCUT2D eigenvalue weighted by atomic mass is 32.2. The van der Waals surface area contributed by atoms with E-state index in [2.05, 4.69) is 35.5 Å². The Morgan fingerprint density at radius 2 is 1.80 bits per heavy atom. The molecule has 41 heavy (non-hydrogen) atoms. The average Bonchev–Trinajstić information content (AvgIpc) is 3.55. The molecule has 1 fully saturated rings. The summed E-state index contributed by atoms with van der Waals surface area (Å²) in [6.45, 7) is 10.8. The highest BCUT2D eigenvalue weighted by Gasteiger charge is 2.22. The van der Waals surface area contributed by atoms with Crippen LogP contribution in [0.5, 0.6) is 0 Å². The fraction of sp³-hybridized carbons (Fsp3) is 0.345. The Hall–Kier alpha value is -3.84. The van der Waals surface area contributed by atoms with Gasteiger partial charge in [-0.05, 0) is 63.2 Å². The van der Waals surface area contributed by atoms with Crippen LogP contribution in [0.25, 0.3) is 27.8 Å². The minimum atomic E-state index is -3.68. The maximum atomic E-state index is 12.9. The molecule has 0 bridgehead atoms. The van der Waals surface area contributed by atoms with Crippen molar-refractivity contribution in [2.75, 3.05) is 38.2 Å². The summed E-state index contributed by atoms with van der Waals surface area (Å²) in [6, 6.07) is 16.7. The summed E-state index contributed by atoms with van der Waals surface area (Å²) in [4.78, 5) is 11.7. The molecule has 12 heteroatoms. The summed E-state index contributed by atoms with van der Waals surface area (Å²) in [5.41, 5.74) is 4.48. The van der Waals surface area contributed by atoms with Crippen LogP contribution in [0, 0.1) is 0 Å². The Morgan fingerprint density at radius 1 is 0.976 bits per heavy atom. The van der Waals surface area contributed by atoms with Crippen molar-refractivity contribution >= 4 is 38.2 Å². The van der Waals surface area contributed by atoms with E-state index in [0.717, 1.165) is 72.9 Å². The molecule has 0 radical (unpaired) electrons. The van der Waals surface area contributed by atoms with E-state index in [-0.39, 0.29) is 4.90 Å². The second kappa shape index (κ2) is 10.9. The van der Waals surface area contributed by atoms with Gasteiger partial charge in [-0.1, -0.05) is 12.1 Å². The Bertz CT molecular complexity index is 1800. The fourth-order valence-electron chi connectivity index (χ4n) is 4.98. The zero-order chi connectivity index (χ0) is 28.6. The lowest BCUT2D eigenvalue weighted by molar-refractivity contribution is 0.0365. The standard InChI is InChI=1S/C29H34N8O3S/c1-29(2,3)34-41(38,39)24-6-4-5-21(17-24)26-10-8-23-19-30-28(33-37(23)26)32-22-7-9-27-25(18-22)31-20-36(27)12-11-35-13-15-40-16-14-35/h4-10,17-20,34H,11-16H2,1-3H3,(H,32,33). The lowest BCUT2D eigenvalue weighted by Gasteiger charge is -2.26. The predicted octanol–water partition coefficient (Wildman–Crippen LogP) is 3.90. The van der Waals surface area contributed by atoms with Gasteiger partial charge in [0.15, 0.2) is 0 Å². The zero-order valence-corrected chi connectivity index (χ0v) is 24.2. The molecule has 0 amide bonds. The van der Waals surface area contributed by atoms with E-state index in [4.69, 9.17) is 9.84 Å².